The number of ether oxygens (including phenoxy) is 1. The lowest BCUT2D eigenvalue weighted by Gasteiger charge is -2.33. The summed E-state index contributed by atoms with van der Waals surface area (Å²) in [5, 5.41) is 0.172. The van der Waals surface area contributed by atoms with Gasteiger partial charge in [-0.05, 0) is 48.9 Å². The lowest BCUT2D eigenvalue weighted by atomic mass is 10.1. The molecule has 0 N–H and O–H groups in total. The van der Waals surface area contributed by atoms with Crippen molar-refractivity contribution in [1.29, 1.82) is 0 Å². The Hall–Kier alpha value is -2.39. The second-order valence-electron chi connectivity index (χ2n) is 5.64. The number of rotatable bonds is 2. The number of para-hydroxylation sites is 3. The van der Waals surface area contributed by atoms with E-state index in [9.17, 15) is 0 Å². The van der Waals surface area contributed by atoms with Gasteiger partial charge in [-0.2, -0.15) is 12.6 Å². The largest absolute Gasteiger partial charge is 0.453 e. The SMILES string of the molecule is CC(S)c1ccc2c(c1)Oc1ccccc1N2c1ccccc1. The van der Waals surface area contributed by atoms with Crippen molar-refractivity contribution in [3.8, 4) is 11.5 Å². The van der Waals surface area contributed by atoms with Crippen molar-refractivity contribution < 1.29 is 4.74 Å². The minimum absolute atomic E-state index is 0.172. The van der Waals surface area contributed by atoms with Gasteiger partial charge in [-0.15, -0.1) is 0 Å². The zero-order valence-electron chi connectivity index (χ0n) is 12.8. The summed E-state index contributed by atoms with van der Waals surface area (Å²) in [5.41, 5.74) is 4.38. The summed E-state index contributed by atoms with van der Waals surface area (Å²) in [6, 6.07) is 24.8. The summed E-state index contributed by atoms with van der Waals surface area (Å²) in [6.45, 7) is 2.07. The van der Waals surface area contributed by atoms with Crippen LogP contribution >= 0.6 is 12.6 Å². The third-order valence-corrected chi connectivity index (χ3v) is 4.35. The Labute approximate surface area is 141 Å². The highest BCUT2D eigenvalue weighted by molar-refractivity contribution is 7.80. The summed E-state index contributed by atoms with van der Waals surface area (Å²) in [4.78, 5) is 2.24. The third-order valence-electron chi connectivity index (χ3n) is 4.05. The smallest absolute Gasteiger partial charge is 0.151 e. The first-order valence-electron chi connectivity index (χ1n) is 7.68. The van der Waals surface area contributed by atoms with Gasteiger partial charge in [-0.1, -0.05) is 36.4 Å². The van der Waals surface area contributed by atoms with Crippen molar-refractivity contribution in [2.24, 2.45) is 0 Å². The van der Waals surface area contributed by atoms with E-state index in [-0.39, 0.29) is 5.25 Å². The van der Waals surface area contributed by atoms with Gasteiger partial charge < -0.3 is 9.64 Å². The molecule has 3 heteroatoms. The normalized spacial score (nSPS) is 13.7. The Morgan fingerprint density at radius 1 is 0.826 bits per heavy atom. The van der Waals surface area contributed by atoms with Crippen molar-refractivity contribution in [2.75, 3.05) is 4.90 Å². The molecule has 1 aliphatic rings. The van der Waals surface area contributed by atoms with E-state index in [1.165, 1.54) is 0 Å². The van der Waals surface area contributed by atoms with E-state index in [4.69, 9.17) is 4.74 Å². The van der Waals surface area contributed by atoms with Gasteiger partial charge in [0.25, 0.3) is 0 Å². The fourth-order valence-corrected chi connectivity index (χ4v) is 3.05. The zero-order valence-corrected chi connectivity index (χ0v) is 13.7. The van der Waals surface area contributed by atoms with Crippen LogP contribution in [0.4, 0.5) is 17.1 Å². The van der Waals surface area contributed by atoms with Crippen LogP contribution in [-0.4, -0.2) is 0 Å². The van der Waals surface area contributed by atoms with Gasteiger partial charge in [0.15, 0.2) is 11.5 Å². The molecular formula is C20H17NOS. The van der Waals surface area contributed by atoms with Gasteiger partial charge in [-0.3, -0.25) is 0 Å². The van der Waals surface area contributed by atoms with E-state index in [1.54, 1.807) is 0 Å². The number of fused-ring (bicyclic) bond motifs is 2. The Morgan fingerprint density at radius 3 is 2.30 bits per heavy atom. The first kappa shape index (κ1) is 14.2. The Bertz CT molecular complexity index is 845. The van der Waals surface area contributed by atoms with Gasteiger partial charge in [0.05, 0.1) is 11.4 Å². The predicted octanol–water partition coefficient (Wildman–Crippen LogP) is 6.25. The fourth-order valence-electron chi connectivity index (χ4n) is 2.89. The number of hydrogen-bond donors (Lipinski definition) is 1. The molecule has 2 nitrogen and oxygen atoms in total. The van der Waals surface area contributed by atoms with Gasteiger partial charge in [-0.25, -0.2) is 0 Å². The second kappa shape index (κ2) is 5.67. The van der Waals surface area contributed by atoms with Crippen LogP contribution in [-0.2, 0) is 0 Å². The van der Waals surface area contributed by atoms with E-state index in [0.29, 0.717) is 0 Å². The molecule has 4 rings (SSSR count). The quantitative estimate of drug-likeness (QED) is 0.438. The van der Waals surface area contributed by atoms with Gasteiger partial charge in [0.2, 0.25) is 0 Å². The van der Waals surface area contributed by atoms with Crippen LogP contribution in [0.15, 0.2) is 72.8 Å². The molecule has 0 bridgehead atoms. The van der Waals surface area contributed by atoms with Crippen LogP contribution in [0.1, 0.15) is 17.7 Å². The van der Waals surface area contributed by atoms with E-state index in [0.717, 1.165) is 34.1 Å². The molecule has 1 heterocycles. The molecule has 0 radical (unpaired) electrons. The fraction of sp³-hybridized carbons (Fsp3) is 0.100. The summed E-state index contributed by atoms with van der Waals surface area (Å²) < 4.78 is 6.14. The van der Waals surface area contributed by atoms with E-state index < -0.39 is 0 Å². The second-order valence-corrected chi connectivity index (χ2v) is 6.42. The molecular weight excluding hydrogens is 302 g/mol. The molecule has 0 saturated carbocycles. The molecule has 0 aromatic heterocycles. The Morgan fingerprint density at radius 2 is 1.52 bits per heavy atom. The van der Waals surface area contributed by atoms with E-state index in [1.807, 2.05) is 24.3 Å². The Kier molecular flexibility index (Phi) is 3.50. The summed E-state index contributed by atoms with van der Waals surface area (Å²) in [5.74, 6) is 1.73. The minimum atomic E-state index is 0.172. The molecule has 3 aromatic rings. The topological polar surface area (TPSA) is 12.5 Å². The van der Waals surface area contributed by atoms with E-state index >= 15 is 0 Å². The number of benzene rings is 3. The highest BCUT2D eigenvalue weighted by Gasteiger charge is 2.25. The number of hydrogen-bond acceptors (Lipinski definition) is 3. The third kappa shape index (κ3) is 2.47. The first-order chi connectivity index (χ1) is 11.2. The summed E-state index contributed by atoms with van der Waals surface area (Å²) in [6.07, 6.45) is 0. The molecule has 0 fully saturated rings. The standard InChI is InChI=1S/C20H17NOS/c1-14(23)15-11-12-18-20(13-15)22-19-10-6-5-9-17(19)21(18)16-7-3-2-4-8-16/h2-14,23H,1H3. The maximum atomic E-state index is 6.14. The summed E-state index contributed by atoms with van der Waals surface area (Å²) in [7, 11) is 0. The molecule has 3 aromatic carbocycles. The molecule has 114 valence electrons. The van der Waals surface area contributed by atoms with Crippen LogP contribution in [0.3, 0.4) is 0 Å². The average molecular weight is 319 g/mol. The maximum absolute atomic E-state index is 6.14. The number of anilines is 3. The van der Waals surface area contributed by atoms with Gasteiger partial charge in [0, 0.05) is 10.9 Å². The first-order valence-corrected chi connectivity index (χ1v) is 8.20. The number of thiol groups is 1. The Balaban J connectivity index is 1.92. The summed E-state index contributed by atoms with van der Waals surface area (Å²) >= 11 is 4.53. The predicted molar refractivity (Wildman–Crippen MR) is 98.6 cm³/mol. The van der Waals surface area contributed by atoms with Crippen LogP contribution < -0.4 is 9.64 Å². The van der Waals surface area contributed by atoms with Crippen LogP contribution in [0, 0.1) is 0 Å². The lowest BCUT2D eigenvalue weighted by Crippen LogP contribution is -2.15. The molecule has 23 heavy (non-hydrogen) atoms. The van der Waals surface area contributed by atoms with Crippen LogP contribution in [0.25, 0.3) is 0 Å². The van der Waals surface area contributed by atoms with Crippen molar-refractivity contribution >= 4 is 29.7 Å². The zero-order chi connectivity index (χ0) is 15.8. The highest BCUT2D eigenvalue weighted by Crippen LogP contribution is 2.50. The van der Waals surface area contributed by atoms with Gasteiger partial charge in [0.1, 0.15) is 0 Å². The van der Waals surface area contributed by atoms with Crippen molar-refractivity contribution in [2.45, 2.75) is 12.2 Å². The molecule has 1 unspecified atom stereocenters. The van der Waals surface area contributed by atoms with Crippen molar-refractivity contribution in [3.05, 3.63) is 78.4 Å². The minimum Gasteiger partial charge on any atom is -0.453 e. The molecule has 0 saturated heterocycles. The molecule has 1 aliphatic heterocycles. The number of nitrogens with zero attached hydrogens (tertiary/aromatic N) is 1. The lowest BCUT2D eigenvalue weighted by molar-refractivity contribution is 0.476. The molecule has 0 amide bonds. The highest BCUT2D eigenvalue weighted by atomic mass is 32.1. The monoisotopic (exact) mass is 319 g/mol. The molecule has 0 spiro atoms. The van der Waals surface area contributed by atoms with Crippen LogP contribution in [0.5, 0.6) is 11.5 Å². The molecule has 0 aliphatic carbocycles. The van der Waals surface area contributed by atoms with Crippen molar-refractivity contribution in [3.63, 3.8) is 0 Å². The molecule has 1 atom stereocenters. The van der Waals surface area contributed by atoms with Crippen molar-refractivity contribution in [1.82, 2.24) is 0 Å². The van der Waals surface area contributed by atoms with Gasteiger partial charge >= 0.3 is 0 Å². The maximum Gasteiger partial charge on any atom is 0.151 e. The average Bonchev–Trinajstić information content (AvgIpc) is 2.59. The van der Waals surface area contributed by atoms with Crippen LogP contribution in [0.2, 0.25) is 0 Å². The van der Waals surface area contributed by atoms with E-state index in [2.05, 4.69) is 73.0 Å².